The highest BCUT2D eigenvalue weighted by Crippen LogP contribution is 2.31. The summed E-state index contributed by atoms with van der Waals surface area (Å²) in [6, 6.07) is 6.57. The molecule has 0 unspecified atom stereocenters. The molecule has 3 aromatic rings. The lowest BCUT2D eigenvalue weighted by Gasteiger charge is -2.32. The Balaban J connectivity index is 1.27. The molecule has 0 bridgehead atoms. The Morgan fingerprint density at radius 2 is 1.73 bits per heavy atom. The molecule has 1 aromatic heterocycles. The molecule has 8 nitrogen and oxygen atoms in total. The predicted octanol–water partition coefficient (Wildman–Crippen LogP) is 5.07. The molecule has 0 saturated carbocycles. The summed E-state index contributed by atoms with van der Waals surface area (Å²) < 4.78 is 33.5. The molecule has 4 rings (SSSR count). The van der Waals surface area contributed by atoms with Crippen molar-refractivity contribution in [1.82, 2.24) is 19.8 Å². The molecule has 37 heavy (non-hydrogen) atoms. The number of nitrogens with zero attached hydrogens (tertiary/aromatic N) is 4. The van der Waals surface area contributed by atoms with Crippen LogP contribution >= 0.6 is 23.2 Å². The van der Waals surface area contributed by atoms with Crippen molar-refractivity contribution >= 4 is 46.4 Å². The number of likely N-dealkylation sites (N-methyl/N-ethyl adjacent to an activating group) is 1. The summed E-state index contributed by atoms with van der Waals surface area (Å²) in [6.45, 7) is 5.54. The monoisotopic (exact) mass is 550 g/mol. The summed E-state index contributed by atoms with van der Waals surface area (Å²) in [5.74, 6) is -1.37. The average Bonchev–Trinajstić information content (AvgIpc) is 2.86. The number of anilines is 3. The van der Waals surface area contributed by atoms with Crippen molar-refractivity contribution in [3.63, 3.8) is 0 Å². The molecule has 196 valence electrons. The van der Waals surface area contributed by atoms with E-state index in [0.29, 0.717) is 12.3 Å². The van der Waals surface area contributed by atoms with E-state index in [2.05, 4.69) is 37.4 Å². The fourth-order valence-corrected chi connectivity index (χ4v) is 4.28. The van der Waals surface area contributed by atoms with Crippen molar-refractivity contribution < 1.29 is 18.3 Å². The van der Waals surface area contributed by atoms with Crippen LogP contribution in [-0.4, -0.2) is 72.1 Å². The second-order valence-corrected chi connectivity index (χ2v) is 9.43. The van der Waals surface area contributed by atoms with Crippen LogP contribution in [0, 0.1) is 11.6 Å². The van der Waals surface area contributed by atoms with Gasteiger partial charge in [0.1, 0.15) is 5.82 Å². The Bertz CT molecular complexity index is 1220. The Labute approximate surface area is 223 Å². The third-order valence-electron chi connectivity index (χ3n) is 5.82. The van der Waals surface area contributed by atoms with Gasteiger partial charge in [0.15, 0.2) is 11.6 Å². The number of benzene rings is 2. The molecule has 2 aromatic carbocycles. The number of piperazine rings is 1. The van der Waals surface area contributed by atoms with Crippen LogP contribution in [-0.2, 0) is 0 Å². The minimum atomic E-state index is -0.621. The maximum Gasteiger partial charge on any atom is 0.258 e. The van der Waals surface area contributed by atoms with Crippen LogP contribution in [0.1, 0.15) is 16.8 Å². The normalized spacial score (nSPS) is 14.4. The van der Waals surface area contributed by atoms with E-state index in [1.807, 2.05) is 0 Å². The highest BCUT2D eigenvalue weighted by Gasteiger charge is 2.15. The van der Waals surface area contributed by atoms with Gasteiger partial charge in [-0.3, -0.25) is 4.79 Å². The summed E-state index contributed by atoms with van der Waals surface area (Å²) in [5.41, 5.74) is 0.618. The second kappa shape index (κ2) is 12.5. The van der Waals surface area contributed by atoms with Crippen LogP contribution in [0.4, 0.5) is 26.1 Å². The van der Waals surface area contributed by atoms with Gasteiger partial charge in [-0.15, -0.1) is 0 Å². The van der Waals surface area contributed by atoms with Gasteiger partial charge in [0.05, 0.1) is 27.9 Å². The molecule has 1 amide bonds. The van der Waals surface area contributed by atoms with Gasteiger partial charge in [-0.05, 0) is 37.7 Å². The minimum absolute atomic E-state index is 0.0398. The molecule has 0 radical (unpaired) electrons. The lowest BCUT2D eigenvalue weighted by molar-refractivity contribution is 0.102. The van der Waals surface area contributed by atoms with Gasteiger partial charge in [0, 0.05) is 56.9 Å². The van der Waals surface area contributed by atoms with Gasteiger partial charge in [-0.2, -0.15) is 0 Å². The maximum absolute atomic E-state index is 14.5. The Kier molecular flexibility index (Phi) is 9.09. The highest BCUT2D eigenvalue weighted by atomic mass is 35.5. The number of amides is 1. The lowest BCUT2D eigenvalue weighted by atomic mass is 10.2. The molecule has 0 atom stereocenters. The zero-order chi connectivity index (χ0) is 26.4. The van der Waals surface area contributed by atoms with Crippen molar-refractivity contribution in [1.29, 1.82) is 0 Å². The third kappa shape index (κ3) is 7.48. The van der Waals surface area contributed by atoms with Gasteiger partial charge in [-0.25, -0.2) is 18.7 Å². The number of nitrogens with one attached hydrogen (secondary N) is 2. The van der Waals surface area contributed by atoms with Gasteiger partial charge in [-0.1, -0.05) is 23.2 Å². The smallest absolute Gasteiger partial charge is 0.258 e. The summed E-state index contributed by atoms with van der Waals surface area (Å²) in [7, 11) is 2.12. The van der Waals surface area contributed by atoms with Crippen LogP contribution in [0.3, 0.4) is 0 Å². The molecule has 2 N–H and O–H groups in total. The SMILES string of the molecule is CN1CCN(CCCOc2ccc(Nc3ncc(C(=O)Nc4c(Cl)cc(F)cc4Cl)cn3)cc2F)CC1. The topological polar surface area (TPSA) is 82.6 Å². The first-order valence-electron chi connectivity index (χ1n) is 11.7. The van der Waals surface area contributed by atoms with Crippen LogP contribution < -0.4 is 15.4 Å². The first-order chi connectivity index (χ1) is 17.8. The van der Waals surface area contributed by atoms with E-state index in [1.54, 1.807) is 12.1 Å². The minimum Gasteiger partial charge on any atom is -0.490 e. The first-order valence-corrected chi connectivity index (χ1v) is 12.4. The standard InChI is InChI=1S/C25H26Cl2F2N6O2/c1-34-6-8-35(9-7-34)5-2-10-37-22-4-3-18(13-21(22)29)32-25-30-14-16(15-31-25)24(36)33-23-19(26)11-17(28)12-20(23)27/h3-4,11-15H,2,5-10H2,1H3,(H,33,36)(H,30,31,32). The first kappa shape index (κ1) is 27.0. The summed E-state index contributed by atoms with van der Waals surface area (Å²) in [4.78, 5) is 25.3. The molecule has 1 aliphatic rings. The number of rotatable bonds is 9. The molecule has 1 fully saturated rings. The number of carbonyl (C=O) groups is 1. The van der Waals surface area contributed by atoms with E-state index in [9.17, 15) is 13.6 Å². The molecule has 12 heteroatoms. The average molecular weight is 551 g/mol. The quantitative estimate of drug-likeness (QED) is 0.360. The zero-order valence-corrected chi connectivity index (χ0v) is 21.6. The molecule has 1 aliphatic heterocycles. The van der Waals surface area contributed by atoms with Crippen LogP contribution in [0.5, 0.6) is 5.75 Å². The van der Waals surface area contributed by atoms with Gasteiger partial charge >= 0.3 is 0 Å². The molecule has 2 heterocycles. The molecule has 1 saturated heterocycles. The Hall–Kier alpha value is -3.05. The number of hydrogen-bond donors (Lipinski definition) is 2. The van der Waals surface area contributed by atoms with E-state index in [4.69, 9.17) is 27.9 Å². The van der Waals surface area contributed by atoms with Crippen LogP contribution in [0.15, 0.2) is 42.7 Å². The summed E-state index contributed by atoms with van der Waals surface area (Å²) in [6.07, 6.45) is 3.38. The number of aromatic nitrogens is 2. The van der Waals surface area contributed by atoms with E-state index < -0.39 is 17.5 Å². The Morgan fingerprint density at radius 3 is 2.38 bits per heavy atom. The molecular weight excluding hydrogens is 525 g/mol. The largest absolute Gasteiger partial charge is 0.490 e. The number of carbonyl (C=O) groups excluding carboxylic acids is 1. The fourth-order valence-electron chi connectivity index (χ4n) is 3.72. The van der Waals surface area contributed by atoms with Gasteiger partial charge in [0.25, 0.3) is 5.91 Å². The zero-order valence-electron chi connectivity index (χ0n) is 20.1. The lowest BCUT2D eigenvalue weighted by Crippen LogP contribution is -2.44. The Morgan fingerprint density at radius 1 is 1.05 bits per heavy atom. The highest BCUT2D eigenvalue weighted by molar-refractivity contribution is 6.40. The summed E-state index contributed by atoms with van der Waals surface area (Å²) in [5, 5.41) is 5.31. The van der Waals surface area contributed by atoms with Crippen LogP contribution in [0.25, 0.3) is 0 Å². The van der Waals surface area contributed by atoms with Gasteiger partial charge < -0.3 is 25.2 Å². The second-order valence-electron chi connectivity index (χ2n) is 8.61. The van der Waals surface area contributed by atoms with Crippen molar-refractivity contribution in [2.75, 3.05) is 57.0 Å². The fraction of sp³-hybridized carbons (Fsp3) is 0.320. The van der Waals surface area contributed by atoms with E-state index in [-0.39, 0.29) is 33.0 Å². The third-order valence-corrected chi connectivity index (χ3v) is 6.42. The number of ether oxygens (including phenoxy) is 1. The van der Waals surface area contributed by atoms with Gasteiger partial charge in [0.2, 0.25) is 5.95 Å². The van der Waals surface area contributed by atoms with Crippen molar-refractivity contribution in [2.24, 2.45) is 0 Å². The molecular formula is C25H26Cl2F2N6O2. The summed E-state index contributed by atoms with van der Waals surface area (Å²) >= 11 is 11.9. The maximum atomic E-state index is 14.5. The number of halogens is 4. The predicted molar refractivity (Wildman–Crippen MR) is 140 cm³/mol. The molecule has 0 spiro atoms. The van der Waals surface area contributed by atoms with Crippen molar-refractivity contribution in [3.8, 4) is 5.75 Å². The van der Waals surface area contributed by atoms with E-state index in [0.717, 1.165) is 51.3 Å². The van der Waals surface area contributed by atoms with Crippen molar-refractivity contribution in [2.45, 2.75) is 6.42 Å². The van der Waals surface area contributed by atoms with E-state index >= 15 is 0 Å². The van der Waals surface area contributed by atoms with E-state index in [1.165, 1.54) is 18.5 Å². The number of hydrogen-bond acceptors (Lipinski definition) is 7. The molecule has 0 aliphatic carbocycles. The van der Waals surface area contributed by atoms with Crippen LogP contribution in [0.2, 0.25) is 10.0 Å². The van der Waals surface area contributed by atoms with Crippen molar-refractivity contribution in [3.05, 3.63) is 70.0 Å².